The minimum atomic E-state index is -0.438. The molecule has 1 fully saturated rings. The standard InChI is InChI=1S/C29H31N3O4/c1-31(28(34)25-9-7-22(21-33)8-10-25)19-20-32-17-15-27(16-18-32)36-29(35)30-26-13-11-24(12-14-26)23-5-3-2-4-6-23/h2-14,21,27H,15-20H2,1H3,(H,30,35). The van der Waals surface area contributed by atoms with Gasteiger partial charge < -0.3 is 14.5 Å². The molecule has 0 radical (unpaired) electrons. The van der Waals surface area contributed by atoms with Gasteiger partial charge in [-0.25, -0.2) is 4.79 Å². The molecule has 7 nitrogen and oxygen atoms in total. The Morgan fingerprint density at radius 1 is 0.944 bits per heavy atom. The van der Waals surface area contributed by atoms with Crippen LogP contribution in [-0.2, 0) is 4.74 Å². The summed E-state index contributed by atoms with van der Waals surface area (Å²) in [5.41, 5.74) is 4.03. The molecular formula is C29H31N3O4. The van der Waals surface area contributed by atoms with Gasteiger partial charge in [0.05, 0.1) is 0 Å². The Bertz CT molecular complexity index is 1160. The summed E-state index contributed by atoms with van der Waals surface area (Å²) in [5, 5.41) is 2.82. The van der Waals surface area contributed by atoms with Crippen LogP contribution >= 0.6 is 0 Å². The monoisotopic (exact) mass is 485 g/mol. The molecule has 3 aromatic carbocycles. The number of hydrogen-bond donors (Lipinski definition) is 1. The fourth-order valence-electron chi connectivity index (χ4n) is 4.24. The lowest BCUT2D eigenvalue weighted by atomic mass is 10.1. The molecule has 1 heterocycles. The van der Waals surface area contributed by atoms with Crippen LogP contribution < -0.4 is 5.32 Å². The van der Waals surface area contributed by atoms with Crippen LogP contribution in [0, 0.1) is 0 Å². The molecule has 0 aromatic heterocycles. The molecule has 0 bridgehead atoms. The summed E-state index contributed by atoms with van der Waals surface area (Å²) < 4.78 is 5.63. The van der Waals surface area contributed by atoms with Crippen molar-refractivity contribution in [3.63, 3.8) is 0 Å². The lowest BCUT2D eigenvalue weighted by molar-refractivity contribution is 0.0540. The van der Waals surface area contributed by atoms with E-state index in [4.69, 9.17) is 4.74 Å². The third kappa shape index (κ3) is 6.79. The van der Waals surface area contributed by atoms with E-state index in [0.717, 1.165) is 49.9 Å². The van der Waals surface area contributed by atoms with Crippen LogP contribution in [0.2, 0.25) is 0 Å². The number of benzene rings is 3. The molecule has 36 heavy (non-hydrogen) atoms. The van der Waals surface area contributed by atoms with Crippen molar-refractivity contribution in [3.8, 4) is 11.1 Å². The average Bonchev–Trinajstić information content (AvgIpc) is 2.93. The van der Waals surface area contributed by atoms with E-state index in [1.165, 1.54) is 0 Å². The summed E-state index contributed by atoms with van der Waals surface area (Å²) in [6.45, 7) is 2.96. The number of amides is 2. The summed E-state index contributed by atoms with van der Waals surface area (Å²) in [6, 6.07) is 24.4. The predicted molar refractivity (Wildman–Crippen MR) is 140 cm³/mol. The normalized spacial score (nSPS) is 14.1. The molecule has 0 atom stereocenters. The Morgan fingerprint density at radius 2 is 1.58 bits per heavy atom. The topological polar surface area (TPSA) is 79.0 Å². The van der Waals surface area contributed by atoms with Crippen molar-refractivity contribution in [2.45, 2.75) is 18.9 Å². The molecule has 1 aliphatic heterocycles. The molecule has 1 N–H and O–H groups in total. The zero-order valence-electron chi connectivity index (χ0n) is 20.4. The SMILES string of the molecule is CN(CCN1CCC(OC(=O)Nc2ccc(-c3ccccc3)cc2)CC1)C(=O)c1ccc(C=O)cc1. The van der Waals surface area contributed by atoms with E-state index >= 15 is 0 Å². The second kappa shape index (κ2) is 12.1. The van der Waals surface area contributed by atoms with Gasteiger partial charge in [-0.05, 0) is 48.2 Å². The molecule has 0 saturated carbocycles. The maximum absolute atomic E-state index is 12.6. The second-order valence-corrected chi connectivity index (χ2v) is 8.98. The van der Waals surface area contributed by atoms with Gasteiger partial charge in [0.15, 0.2) is 0 Å². The lowest BCUT2D eigenvalue weighted by Gasteiger charge is -2.32. The van der Waals surface area contributed by atoms with Crippen LogP contribution in [0.5, 0.6) is 0 Å². The number of carbonyl (C=O) groups excluding carboxylic acids is 3. The van der Waals surface area contributed by atoms with Crippen molar-refractivity contribution < 1.29 is 19.1 Å². The third-order valence-electron chi connectivity index (χ3n) is 6.44. The van der Waals surface area contributed by atoms with Crippen LogP contribution in [0.3, 0.4) is 0 Å². The van der Waals surface area contributed by atoms with E-state index in [9.17, 15) is 14.4 Å². The van der Waals surface area contributed by atoms with Crippen molar-refractivity contribution in [1.82, 2.24) is 9.80 Å². The minimum absolute atomic E-state index is 0.0702. The number of ether oxygens (including phenoxy) is 1. The van der Waals surface area contributed by atoms with Crippen molar-refractivity contribution in [3.05, 3.63) is 90.0 Å². The molecule has 2 amide bonds. The number of aldehydes is 1. The smallest absolute Gasteiger partial charge is 0.411 e. The fourth-order valence-corrected chi connectivity index (χ4v) is 4.24. The number of likely N-dealkylation sites (tertiary alicyclic amines) is 1. The van der Waals surface area contributed by atoms with E-state index in [1.54, 1.807) is 36.2 Å². The maximum atomic E-state index is 12.6. The van der Waals surface area contributed by atoms with Gasteiger partial charge in [-0.1, -0.05) is 54.6 Å². The molecule has 1 saturated heterocycles. The summed E-state index contributed by atoms with van der Waals surface area (Å²) >= 11 is 0. The Morgan fingerprint density at radius 3 is 2.22 bits per heavy atom. The van der Waals surface area contributed by atoms with Gasteiger partial charge in [0.2, 0.25) is 0 Å². The first-order valence-electron chi connectivity index (χ1n) is 12.2. The Hall–Kier alpha value is -3.97. The predicted octanol–water partition coefficient (Wildman–Crippen LogP) is 4.95. The minimum Gasteiger partial charge on any atom is -0.446 e. The Labute approximate surface area is 211 Å². The van der Waals surface area contributed by atoms with Crippen LogP contribution in [0.1, 0.15) is 33.6 Å². The first-order valence-corrected chi connectivity index (χ1v) is 12.2. The average molecular weight is 486 g/mol. The van der Waals surface area contributed by atoms with Crippen molar-refractivity contribution in [2.24, 2.45) is 0 Å². The van der Waals surface area contributed by atoms with Gasteiger partial charge in [-0.15, -0.1) is 0 Å². The number of hydrogen-bond acceptors (Lipinski definition) is 5. The molecule has 0 spiro atoms. The summed E-state index contributed by atoms with van der Waals surface area (Å²) in [5.74, 6) is -0.0702. The van der Waals surface area contributed by atoms with Crippen LogP contribution in [0.25, 0.3) is 11.1 Å². The van der Waals surface area contributed by atoms with Crippen molar-refractivity contribution in [1.29, 1.82) is 0 Å². The largest absolute Gasteiger partial charge is 0.446 e. The van der Waals surface area contributed by atoms with Gasteiger partial charge in [0.25, 0.3) is 5.91 Å². The van der Waals surface area contributed by atoms with Crippen molar-refractivity contribution in [2.75, 3.05) is 38.5 Å². The first-order chi connectivity index (χ1) is 17.5. The first kappa shape index (κ1) is 25.1. The second-order valence-electron chi connectivity index (χ2n) is 8.98. The highest BCUT2D eigenvalue weighted by molar-refractivity contribution is 5.94. The highest BCUT2D eigenvalue weighted by Gasteiger charge is 2.23. The molecular weight excluding hydrogens is 454 g/mol. The molecule has 3 aromatic rings. The molecule has 186 valence electrons. The highest BCUT2D eigenvalue weighted by atomic mass is 16.6. The molecule has 0 unspecified atom stereocenters. The quantitative estimate of drug-likeness (QED) is 0.457. The van der Waals surface area contributed by atoms with E-state index in [2.05, 4.69) is 10.2 Å². The van der Waals surface area contributed by atoms with Crippen LogP contribution in [0.15, 0.2) is 78.9 Å². The van der Waals surface area contributed by atoms with Crippen LogP contribution in [-0.4, -0.2) is 67.4 Å². The van der Waals surface area contributed by atoms with E-state index in [0.29, 0.717) is 23.4 Å². The summed E-state index contributed by atoms with van der Waals surface area (Å²) in [6.07, 6.45) is 1.71. The van der Waals surface area contributed by atoms with Gasteiger partial charge in [0.1, 0.15) is 12.4 Å². The van der Waals surface area contributed by atoms with Gasteiger partial charge in [0, 0.05) is 50.0 Å². The summed E-state index contributed by atoms with van der Waals surface area (Å²) in [7, 11) is 1.78. The molecule has 0 aliphatic carbocycles. The fraction of sp³-hybridized carbons (Fsp3) is 0.276. The van der Waals surface area contributed by atoms with E-state index in [-0.39, 0.29) is 12.0 Å². The maximum Gasteiger partial charge on any atom is 0.411 e. The number of carbonyl (C=O) groups is 3. The number of likely N-dealkylation sites (N-methyl/N-ethyl adjacent to an activating group) is 1. The van der Waals surface area contributed by atoms with Crippen LogP contribution in [0.4, 0.5) is 10.5 Å². The van der Waals surface area contributed by atoms with Crippen molar-refractivity contribution >= 4 is 24.0 Å². The number of rotatable bonds is 8. The Balaban J connectivity index is 1.17. The lowest BCUT2D eigenvalue weighted by Crippen LogP contribution is -2.42. The third-order valence-corrected chi connectivity index (χ3v) is 6.44. The van der Waals surface area contributed by atoms with E-state index in [1.807, 2.05) is 54.6 Å². The zero-order chi connectivity index (χ0) is 25.3. The number of nitrogens with zero attached hydrogens (tertiary/aromatic N) is 2. The van der Waals surface area contributed by atoms with Gasteiger partial charge in [-0.2, -0.15) is 0 Å². The number of anilines is 1. The molecule has 7 heteroatoms. The molecule has 4 rings (SSSR count). The highest BCUT2D eigenvalue weighted by Crippen LogP contribution is 2.21. The van der Waals surface area contributed by atoms with Gasteiger partial charge >= 0.3 is 6.09 Å². The summed E-state index contributed by atoms with van der Waals surface area (Å²) in [4.78, 5) is 39.7. The Kier molecular flexibility index (Phi) is 8.47. The number of nitrogens with one attached hydrogen (secondary N) is 1. The molecule has 1 aliphatic rings. The van der Waals surface area contributed by atoms with Gasteiger partial charge in [-0.3, -0.25) is 14.9 Å². The van der Waals surface area contributed by atoms with E-state index < -0.39 is 6.09 Å². The number of piperidine rings is 1. The zero-order valence-corrected chi connectivity index (χ0v) is 20.4.